The van der Waals surface area contributed by atoms with Crippen LogP contribution in [0.2, 0.25) is 0 Å². The van der Waals surface area contributed by atoms with Crippen molar-refractivity contribution in [3.63, 3.8) is 0 Å². The molecule has 1 unspecified atom stereocenters. The van der Waals surface area contributed by atoms with Crippen LogP contribution < -0.4 is 5.32 Å². The SMILES string of the molecule is CC.N#Cc1cnc(-c2ccc(C(F)(F)F)cc2)cc1CNC(=O)[C@@H]1CCCN1S(=O)c1ccc(F)cc1. The monoisotopic (exact) mass is 546 g/mol. The van der Waals surface area contributed by atoms with Gasteiger partial charge in [0.1, 0.15) is 28.9 Å². The van der Waals surface area contributed by atoms with Crippen molar-refractivity contribution in [3.05, 3.63) is 83.3 Å². The number of pyridine rings is 1. The van der Waals surface area contributed by atoms with Gasteiger partial charge < -0.3 is 5.32 Å². The Hall–Kier alpha value is -3.62. The van der Waals surface area contributed by atoms with Gasteiger partial charge in [-0.1, -0.05) is 26.0 Å². The van der Waals surface area contributed by atoms with Crippen LogP contribution in [-0.4, -0.2) is 32.0 Å². The van der Waals surface area contributed by atoms with Gasteiger partial charge in [-0.2, -0.15) is 18.4 Å². The summed E-state index contributed by atoms with van der Waals surface area (Å²) in [4.78, 5) is 17.5. The Bertz CT molecular complexity index is 1320. The molecule has 200 valence electrons. The molecule has 6 nitrogen and oxygen atoms in total. The first kappa shape index (κ1) is 28.9. The third-order valence-electron chi connectivity index (χ3n) is 5.81. The van der Waals surface area contributed by atoms with Gasteiger partial charge in [0, 0.05) is 24.8 Å². The van der Waals surface area contributed by atoms with Crippen molar-refractivity contribution in [2.45, 2.75) is 50.3 Å². The molecular weight excluding hydrogens is 520 g/mol. The van der Waals surface area contributed by atoms with Crippen LogP contribution in [-0.2, 0) is 28.5 Å². The third-order valence-corrected chi connectivity index (χ3v) is 7.34. The maximum Gasteiger partial charge on any atom is 0.416 e. The van der Waals surface area contributed by atoms with E-state index in [4.69, 9.17) is 0 Å². The van der Waals surface area contributed by atoms with E-state index in [1.165, 1.54) is 42.6 Å². The summed E-state index contributed by atoms with van der Waals surface area (Å²) in [6.07, 6.45) is -2.01. The summed E-state index contributed by atoms with van der Waals surface area (Å²) in [5.74, 6) is -0.826. The van der Waals surface area contributed by atoms with Crippen LogP contribution in [0, 0.1) is 17.1 Å². The fourth-order valence-electron chi connectivity index (χ4n) is 3.92. The van der Waals surface area contributed by atoms with Crippen molar-refractivity contribution < 1.29 is 26.6 Å². The molecule has 1 saturated heterocycles. The van der Waals surface area contributed by atoms with Crippen molar-refractivity contribution in [2.75, 3.05) is 6.54 Å². The smallest absolute Gasteiger partial charge is 0.351 e. The highest BCUT2D eigenvalue weighted by Gasteiger charge is 2.35. The van der Waals surface area contributed by atoms with E-state index >= 15 is 0 Å². The zero-order valence-corrected chi connectivity index (χ0v) is 21.6. The molecule has 0 bridgehead atoms. The van der Waals surface area contributed by atoms with E-state index < -0.39 is 34.6 Å². The van der Waals surface area contributed by atoms with Gasteiger partial charge in [0.2, 0.25) is 5.91 Å². The number of hydrogen-bond donors (Lipinski definition) is 1. The van der Waals surface area contributed by atoms with Gasteiger partial charge in [-0.15, -0.1) is 0 Å². The zero-order valence-electron chi connectivity index (χ0n) is 20.8. The fraction of sp³-hybridized carbons (Fsp3) is 0.296. The Balaban J connectivity index is 0.00000195. The number of carbonyl (C=O) groups excluding carboxylic acids is 1. The lowest BCUT2D eigenvalue weighted by atomic mass is 10.0. The predicted molar refractivity (Wildman–Crippen MR) is 135 cm³/mol. The van der Waals surface area contributed by atoms with E-state index in [0.717, 1.165) is 12.1 Å². The molecule has 1 aromatic heterocycles. The summed E-state index contributed by atoms with van der Waals surface area (Å²) in [5.41, 5.74) is 0.652. The number of carbonyl (C=O) groups is 1. The standard InChI is InChI=1S/C25H20F4N4O2S.C2H6/c26-20-7-9-21(10-8-20)36(35)33-11-1-2-23(33)24(34)32-14-17-12-22(31-15-18(17)13-30)16-3-5-19(6-4-16)25(27,28)29;1-2/h3-10,12,15,23H,1-2,11,14H2,(H,32,34);1-2H3/t23-,36?;/m0./s1. The number of nitriles is 1. The van der Waals surface area contributed by atoms with Crippen LogP contribution in [0.4, 0.5) is 17.6 Å². The van der Waals surface area contributed by atoms with Crippen LogP contribution in [0.1, 0.15) is 43.4 Å². The predicted octanol–water partition coefficient (Wildman–Crippen LogP) is 5.61. The number of alkyl halides is 3. The van der Waals surface area contributed by atoms with E-state index in [1.807, 2.05) is 19.9 Å². The number of nitrogens with one attached hydrogen (secondary N) is 1. The second-order valence-corrected chi connectivity index (χ2v) is 9.57. The number of hydrogen-bond acceptors (Lipinski definition) is 4. The molecule has 1 N–H and O–H groups in total. The molecule has 1 fully saturated rings. The Kier molecular flexibility index (Phi) is 9.72. The molecule has 1 amide bonds. The highest BCUT2D eigenvalue weighted by Crippen LogP contribution is 2.31. The summed E-state index contributed by atoms with van der Waals surface area (Å²) in [6.45, 7) is 4.41. The Morgan fingerprint density at radius 1 is 1.16 bits per heavy atom. The van der Waals surface area contributed by atoms with Gasteiger partial charge in [-0.25, -0.2) is 12.9 Å². The summed E-state index contributed by atoms with van der Waals surface area (Å²) in [6, 6.07) is 12.6. The molecular formula is C27H26F4N4O2S. The van der Waals surface area contributed by atoms with Crippen LogP contribution in [0.15, 0.2) is 65.7 Å². The van der Waals surface area contributed by atoms with Gasteiger partial charge in [0.05, 0.1) is 21.7 Å². The maximum atomic E-state index is 13.2. The molecule has 0 saturated carbocycles. The Labute approximate surface area is 220 Å². The average molecular weight is 547 g/mol. The quantitative estimate of drug-likeness (QED) is 0.408. The summed E-state index contributed by atoms with van der Waals surface area (Å²) >= 11 is 0. The van der Waals surface area contributed by atoms with Gasteiger partial charge in [0.15, 0.2) is 0 Å². The first-order valence-corrected chi connectivity index (χ1v) is 13.1. The molecule has 0 aliphatic carbocycles. The van der Waals surface area contributed by atoms with Crippen molar-refractivity contribution in [1.82, 2.24) is 14.6 Å². The Morgan fingerprint density at radius 3 is 2.42 bits per heavy atom. The number of rotatable bonds is 6. The highest BCUT2D eigenvalue weighted by atomic mass is 32.2. The maximum absolute atomic E-state index is 13.2. The van der Waals surface area contributed by atoms with E-state index in [2.05, 4.69) is 10.3 Å². The summed E-state index contributed by atoms with van der Waals surface area (Å²) in [7, 11) is -1.65. The molecule has 38 heavy (non-hydrogen) atoms. The molecule has 0 spiro atoms. The zero-order chi connectivity index (χ0) is 27.9. The van der Waals surface area contributed by atoms with E-state index in [0.29, 0.717) is 41.1 Å². The topological polar surface area (TPSA) is 86.1 Å². The minimum atomic E-state index is -4.46. The van der Waals surface area contributed by atoms with E-state index in [-0.39, 0.29) is 18.0 Å². The first-order chi connectivity index (χ1) is 18.2. The van der Waals surface area contributed by atoms with Crippen molar-refractivity contribution >= 4 is 16.9 Å². The minimum Gasteiger partial charge on any atom is -0.351 e. The average Bonchev–Trinajstić information content (AvgIpc) is 3.42. The number of halogens is 4. The molecule has 2 aromatic carbocycles. The molecule has 1 aliphatic heterocycles. The number of benzene rings is 2. The van der Waals surface area contributed by atoms with Gasteiger partial charge in [0.25, 0.3) is 0 Å². The van der Waals surface area contributed by atoms with E-state index in [9.17, 15) is 31.8 Å². The molecule has 2 atom stereocenters. The number of amides is 1. The molecule has 1 aliphatic rings. The van der Waals surface area contributed by atoms with Gasteiger partial charge in [-0.3, -0.25) is 9.78 Å². The van der Waals surface area contributed by atoms with Crippen molar-refractivity contribution in [3.8, 4) is 17.3 Å². The molecule has 4 rings (SSSR count). The molecule has 2 heterocycles. The lowest BCUT2D eigenvalue weighted by molar-refractivity contribution is -0.137. The highest BCUT2D eigenvalue weighted by molar-refractivity contribution is 7.82. The van der Waals surface area contributed by atoms with Crippen LogP contribution in [0.3, 0.4) is 0 Å². The summed E-state index contributed by atoms with van der Waals surface area (Å²) < 4.78 is 66.3. The second kappa shape index (κ2) is 12.8. The number of aromatic nitrogens is 1. The molecule has 0 radical (unpaired) electrons. The van der Waals surface area contributed by atoms with Crippen LogP contribution in [0.25, 0.3) is 11.3 Å². The molecule has 11 heteroatoms. The Morgan fingerprint density at radius 2 is 1.82 bits per heavy atom. The van der Waals surface area contributed by atoms with E-state index in [1.54, 1.807) is 10.4 Å². The summed E-state index contributed by atoms with van der Waals surface area (Å²) in [5, 5.41) is 12.2. The lowest BCUT2D eigenvalue weighted by Gasteiger charge is -2.22. The van der Waals surface area contributed by atoms with Gasteiger partial charge >= 0.3 is 6.18 Å². The second-order valence-electron chi connectivity index (χ2n) is 8.13. The van der Waals surface area contributed by atoms with Crippen molar-refractivity contribution in [2.24, 2.45) is 0 Å². The van der Waals surface area contributed by atoms with Gasteiger partial charge in [-0.05, 0) is 60.9 Å². The normalized spacial score (nSPS) is 16.2. The largest absolute Gasteiger partial charge is 0.416 e. The number of nitrogens with zero attached hydrogens (tertiary/aromatic N) is 3. The lowest BCUT2D eigenvalue weighted by Crippen LogP contribution is -2.43. The minimum absolute atomic E-state index is 0.0224. The third kappa shape index (κ3) is 6.82. The fourth-order valence-corrected chi connectivity index (χ4v) is 5.29. The first-order valence-electron chi connectivity index (χ1n) is 12.0. The van der Waals surface area contributed by atoms with Crippen LogP contribution >= 0.6 is 0 Å². The molecule has 3 aromatic rings. The van der Waals surface area contributed by atoms with Crippen LogP contribution in [0.5, 0.6) is 0 Å². The van der Waals surface area contributed by atoms with Crippen molar-refractivity contribution in [1.29, 1.82) is 5.26 Å².